The number of primary sulfonamides is 1. The minimum atomic E-state index is -4.18. The van der Waals surface area contributed by atoms with Gasteiger partial charge in [0.05, 0.1) is 5.02 Å². The van der Waals surface area contributed by atoms with Crippen LogP contribution in [0, 0.1) is 5.21 Å². The summed E-state index contributed by atoms with van der Waals surface area (Å²) in [6.07, 6.45) is 1.15. The van der Waals surface area contributed by atoms with Gasteiger partial charge in [-0.25, -0.2) is 18.4 Å². The molecule has 0 saturated heterocycles. The van der Waals surface area contributed by atoms with Gasteiger partial charge < -0.3 is 9.94 Å². The van der Waals surface area contributed by atoms with Crippen molar-refractivity contribution in [3.63, 3.8) is 0 Å². The Morgan fingerprint density at radius 3 is 2.68 bits per heavy atom. The molecular formula is C12H9ClN2O6S. The molecular weight excluding hydrogens is 336 g/mol. The maximum absolute atomic E-state index is 12.9. The third-order valence-corrected chi connectivity index (χ3v) is 4.84. The van der Waals surface area contributed by atoms with Gasteiger partial charge in [0, 0.05) is 12.1 Å². The molecule has 2 atom stereocenters. The summed E-state index contributed by atoms with van der Waals surface area (Å²) in [7, 11) is -4.18. The van der Waals surface area contributed by atoms with E-state index >= 15 is 0 Å². The van der Waals surface area contributed by atoms with E-state index in [1.807, 2.05) is 0 Å². The number of rotatable bonds is 1. The Balaban J connectivity index is 2.28. The lowest BCUT2D eigenvalue weighted by atomic mass is 10.1. The molecule has 2 aliphatic rings. The van der Waals surface area contributed by atoms with E-state index in [0.29, 0.717) is 0 Å². The summed E-state index contributed by atoms with van der Waals surface area (Å²) in [4.78, 5) is 23.0. The lowest BCUT2D eigenvalue weighted by molar-refractivity contribution is -0.118. The van der Waals surface area contributed by atoms with E-state index in [0.717, 1.165) is 18.2 Å². The van der Waals surface area contributed by atoms with Gasteiger partial charge in [-0.05, 0) is 12.1 Å². The molecule has 10 heteroatoms. The monoisotopic (exact) mass is 344 g/mol. The number of sulfonamides is 1. The Hall–Kier alpha value is -1.78. The van der Waals surface area contributed by atoms with Crippen LogP contribution >= 0.6 is 11.6 Å². The highest BCUT2D eigenvalue weighted by Crippen LogP contribution is 2.40. The lowest BCUT2D eigenvalue weighted by Crippen LogP contribution is -2.60. The fourth-order valence-electron chi connectivity index (χ4n) is 2.46. The molecule has 0 radical (unpaired) electrons. The van der Waals surface area contributed by atoms with Crippen LogP contribution in [0.4, 0.5) is 5.69 Å². The highest BCUT2D eigenvalue weighted by molar-refractivity contribution is 7.89. The van der Waals surface area contributed by atoms with Crippen molar-refractivity contribution in [2.24, 2.45) is 5.14 Å². The van der Waals surface area contributed by atoms with Crippen LogP contribution in [0.3, 0.4) is 0 Å². The molecule has 3 rings (SSSR count). The largest absolute Gasteiger partial charge is 0.624 e. The van der Waals surface area contributed by atoms with Crippen LogP contribution in [0.25, 0.3) is 0 Å². The molecule has 0 amide bonds. The Labute approximate surface area is 129 Å². The topological polar surface area (TPSA) is 127 Å². The number of ether oxygens (including phenoxy) is 1. The number of hydrogen-bond acceptors (Lipinski definition) is 6. The van der Waals surface area contributed by atoms with Crippen LogP contribution in [0.2, 0.25) is 5.02 Å². The number of hydrogen-bond donors (Lipinski definition) is 1. The van der Waals surface area contributed by atoms with Crippen LogP contribution in [0.1, 0.15) is 10.4 Å². The van der Waals surface area contributed by atoms with Crippen LogP contribution in [0.5, 0.6) is 0 Å². The first kappa shape index (κ1) is 15.1. The van der Waals surface area contributed by atoms with Gasteiger partial charge in [-0.15, -0.1) is 0 Å². The summed E-state index contributed by atoms with van der Waals surface area (Å²) in [5.41, 5.74) is -0.404. The minimum absolute atomic E-state index is 0.128. The quantitative estimate of drug-likeness (QED) is 0.447. The van der Waals surface area contributed by atoms with Gasteiger partial charge in [-0.2, -0.15) is 0 Å². The van der Waals surface area contributed by atoms with E-state index in [1.54, 1.807) is 0 Å². The summed E-state index contributed by atoms with van der Waals surface area (Å²) in [6, 6.07) is 1.94. The third kappa shape index (κ3) is 2.14. The molecule has 22 heavy (non-hydrogen) atoms. The van der Waals surface area contributed by atoms with Crippen LogP contribution in [-0.2, 0) is 19.6 Å². The molecule has 1 aromatic carbocycles. The van der Waals surface area contributed by atoms with Crippen LogP contribution < -0.4 is 9.79 Å². The molecule has 1 aromatic rings. The molecule has 0 aliphatic carbocycles. The molecule has 0 fully saturated rings. The molecule has 0 aromatic heterocycles. The summed E-state index contributed by atoms with van der Waals surface area (Å²) in [5.74, 6) is -1.33. The summed E-state index contributed by atoms with van der Waals surface area (Å²) in [5, 5.41) is 17.7. The average molecular weight is 345 g/mol. The molecule has 2 unspecified atom stereocenters. The maximum Gasteiger partial charge on any atom is 0.349 e. The molecule has 0 saturated carbocycles. The second-order valence-electron chi connectivity index (χ2n) is 4.92. The number of benzene rings is 1. The number of fused-ring (bicyclic) bond motifs is 3. The molecule has 2 heterocycles. The van der Waals surface area contributed by atoms with Gasteiger partial charge in [-0.1, -0.05) is 11.6 Å². The van der Waals surface area contributed by atoms with Crippen molar-refractivity contribution in [3.05, 3.63) is 40.1 Å². The molecule has 8 nitrogen and oxygen atoms in total. The second-order valence-corrected chi connectivity index (χ2v) is 6.86. The van der Waals surface area contributed by atoms with Gasteiger partial charge in [0.25, 0.3) is 6.23 Å². The third-order valence-electron chi connectivity index (χ3n) is 3.46. The maximum atomic E-state index is 12.9. The summed E-state index contributed by atoms with van der Waals surface area (Å²) < 4.78 is 26.6. The van der Waals surface area contributed by atoms with Gasteiger partial charge >= 0.3 is 5.97 Å². The Morgan fingerprint density at radius 1 is 1.36 bits per heavy atom. The van der Waals surface area contributed by atoms with Crippen molar-refractivity contribution in [2.45, 2.75) is 11.1 Å². The number of carbonyl (C=O) groups is 2. The smallest absolute Gasteiger partial charge is 0.349 e. The van der Waals surface area contributed by atoms with Gasteiger partial charge in [0.2, 0.25) is 15.8 Å². The number of esters is 1. The van der Waals surface area contributed by atoms with Crippen molar-refractivity contribution in [1.82, 2.24) is 4.65 Å². The van der Waals surface area contributed by atoms with Gasteiger partial charge in [0.15, 0.2) is 5.69 Å². The summed E-state index contributed by atoms with van der Waals surface area (Å²) >= 11 is 5.86. The summed E-state index contributed by atoms with van der Waals surface area (Å²) in [6.45, 7) is -0.480. The molecule has 2 N–H and O–H groups in total. The minimum Gasteiger partial charge on any atom is -0.624 e. The van der Waals surface area contributed by atoms with Crippen molar-refractivity contribution < 1.29 is 22.7 Å². The molecule has 0 spiro atoms. The van der Waals surface area contributed by atoms with Crippen molar-refractivity contribution in [2.75, 3.05) is 6.54 Å². The number of halogens is 1. The Morgan fingerprint density at radius 2 is 2.05 bits per heavy atom. The van der Waals surface area contributed by atoms with Crippen molar-refractivity contribution in [1.29, 1.82) is 0 Å². The predicted octanol–water partition coefficient (Wildman–Crippen LogP) is 0.428. The Bertz CT molecular complexity index is 849. The van der Waals surface area contributed by atoms with E-state index in [9.17, 15) is 23.2 Å². The highest BCUT2D eigenvalue weighted by atomic mass is 35.5. The normalized spacial score (nSPS) is 27.1. The fourth-order valence-corrected chi connectivity index (χ4v) is 3.55. The van der Waals surface area contributed by atoms with Crippen molar-refractivity contribution >= 4 is 39.1 Å². The zero-order chi connectivity index (χ0) is 16.3. The second kappa shape index (κ2) is 4.61. The molecule has 0 bridgehead atoms. The van der Waals surface area contributed by atoms with E-state index in [-0.39, 0.29) is 16.3 Å². The Kier molecular flexibility index (Phi) is 3.17. The predicted molar refractivity (Wildman–Crippen MR) is 76.2 cm³/mol. The zero-order valence-corrected chi connectivity index (χ0v) is 12.4. The standard InChI is InChI=1S/C12H9ClN2O6S/c13-8-4-9-7(3-10(8)22(14,19)20)12(17)21-11-2-1-6(16)5-15(9,11)18/h1-4,11H,5H2,(H2,14,19,20). The number of carbonyl (C=O) groups excluding carboxylic acids is 2. The van der Waals surface area contributed by atoms with E-state index < -0.39 is 44.1 Å². The first-order valence-corrected chi connectivity index (χ1v) is 7.93. The van der Waals surface area contributed by atoms with Crippen molar-refractivity contribution in [3.8, 4) is 0 Å². The first-order valence-electron chi connectivity index (χ1n) is 6.00. The SMILES string of the molecule is NS(=O)(=O)c1cc2c(cc1Cl)[N+]1([O-])CC(=O)C=CC1OC2=O. The number of ketones is 1. The number of nitrogens with two attached hydrogens (primary N) is 1. The van der Waals surface area contributed by atoms with E-state index in [4.69, 9.17) is 21.5 Å². The zero-order valence-electron chi connectivity index (χ0n) is 10.9. The van der Waals surface area contributed by atoms with E-state index in [1.165, 1.54) is 6.08 Å². The number of hydroxylamine groups is 2. The average Bonchev–Trinajstić information content (AvgIpc) is 2.39. The van der Waals surface area contributed by atoms with Gasteiger partial charge in [0.1, 0.15) is 17.0 Å². The highest BCUT2D eigenvalue weighted by Gasteiger charge is 2.45. The van der Waals surface area contributed by atoms with Crippen LogP contribution in [0.15, 0.2) is 29.2 Å². The number of quaternary nitrogens is 1. The lowest BCUT2D eigenvalue weighted by Gasteiger charge is -2.49. The number of nitrogens with zero attached hydrogens (tertiary/aromatic N) is 1. The first-order chi connectivity index (χ1) is 10.1. The molecule has 2 aliphatic heterocycles. The van der Waals surface area contributed by atoms with E-state index in [2.05, 4.69) is 0 Å². The van der Waals surface area contributed by atoms with Crippen LogP contribution in [-0.4, -0.2) is 32.9 Å². The van der Waals surface area contributed by atoms with Gasteiger partial charge in [-0.3, -0.25) is 9.44 Å². The fraction of sp³-hybridized carbons (Fsp3) is 0.167. The molecule has 116 valence electrons.